The minimum atomic E-state index is -5.53. The molecule has 58 heavy (non-hydrogen) atoms. The van der Waals surface area contributed by atoms with Crippen LogP contribution in [0.3, 0.4) is 0 Å². The summed E-state index contributed by atoms with van der Waals surface area (Å²) in [6.07, 6.45) is 4.42. The molecule has 14 nitrogen and oxygen atoms in total. The number of esters is 2. The third-order valence-corrected chi connectivity index (χ3v) is 11.9. The van der Waals surface area contributed by atoms with Gasteiger partial charge in [-0.15, -0.1) is 0 Å². The number of hydrogen-bond acceptors (Lipinski definition) is 11. The van der Waals surface area contributed by atoms with Gasteiger partial charge in [0, 0.05) is 36.9 Å². The van der Waals surface area contributed by atoms with E-state index in [1.165, 1.54) is 59.8 Å². The van der Waals surface area contributed by atoms with E-state index >= 15 is 8.78 Å². The highest BCUT2D eigenvalue weighted by Crippen LogP contribution is 2.67. The van der Waals surface area contributed by atoms with E-state index in [2.05, 4.69) is 5.32 Å². The van der Waals surface area contributed by atoms with Gasteiger partial charge in [0.25, 0.3) is 0 Å². The number of nitrogens with one attached hydrogen (secondary N) is 1. The zero-order chi connectivity index (χ0) is 43.8. The second-order valence-electron chi connectivity index (χ2n) is 17.3. The Morgan fingerprint density at radius 2 is 1.50 bits per heavy atom. The van der Waals surface area contributed by atoms with Crippen molar-refractivity contribution in [1.82, 2.24) is 10.2 Å². The van der Waals surface area contributed by atoms with Crippen LogP contribution in [0.15, 0.2) is 30.3 Å². The first kappa shape index (κ1) is 48.4. The largest absolute Gasteiger partial charge is 0.438 e. The number of ketones is 1. The molecule has 5 atom stereocenters. The topological polar surface area (TPSA) is 198 Å². The lowest BCUT2D eigenvalue weighted by Gasteiger charge is -2.31. The maximum absolute atomic E-state index is 16.0. The zero-order valence-electron chi connectivity index (χ0n) is 35.1. The molecule has 1 unspecified atom stereocenters. The molecule has 1 heterocycles. The minimum Gasteiger partial charge on any atom is -0.438 e. The first-order chi connectivity index (χ1) is 26.8. The molecule has 2 aliphatic rings. The van der Waals surface area contributed by atoms with Crippen molar-refractivity contribution in [2.75, 3.05) is 20.1 Å². The maximum atomic E-state index is 16.0. The summed E-state index contributed by atoms with van der Waals surface area (Å²) < 4.78 is 65.3. The number of primary amides is 1. The van der Waals surface area contributed by atoms with Crippen molar-refractivity contribution in [3.05, 3.63) is 41.5 Å². The van der Waals surface area contributed by atoms with Gasteiger partial charge in [-0.2, -0.15) is 8.78 Å². The lowest BCUT2D eigenvalue weighted by atomic mass is 9.92. The highest BCUT2D eigenvalue weighted by molar-refractivity contribution is 7.54. The van der Waals surface area contributed by atoms with Crippen molar-refractivity contribution in [3.63, 3.8) is 0 Å². The average molecular weight is 840 g/mol. The third-order valence-electron chi connectivity index (χ3n) is 10.1. The molecule has 1 saturated carbocycles. The third kappa shape index (κ3) is 13.0. The number of allylic oxidation sites excluding steroid dienone is 2. The first-order valence-corrected chi connectivity index (χ1v) is 21.2. The smallest absolute Gasteiger partial charge is 0.410 e. The van der Waals surface area contributed by atoms with Crippen LogP contribution in [0, 0.1) is 28.6 Å². The summed E-state index contributed by atoms with van der Waals surface area (Å²) >= 11 is 0. The van der Waals surface area contributed by atoms with Gasteiger partial charge in [-0.3, -0.25) is 42.4 Å². The monoisotopic (exact) mass is 839 g/mol. The Balaban J connectivity index is 1.76. The Morgan fingerprint density at radius 1 is 0.948 bits per heavy atom. The van der Waals surface area contributed by atoms with E-state index < -0.39 is 73.0 Å². The molecule has 324 valence electrons. The molecule has 1 aliphatic carbocycles. The van der Waals surface area contributed by atoms with Crippen molar-refractivity contribution in [1.29, 1.82) is 0 Å². The summed E-state index contributed by atoms with van der Waals surface area (Å²) in [5, 5.41) is 2.91. The van der Waals surface area contributed by atoms with Crippen LogP contribution in [0.4, 0.5) is 8.78 Å². The molecular weight excluding hydrogens is 779 g/mol. The number of benzene rings is 1. The molecule has 1 aliphatic heterocycles. The van der Waals surface area contributed by atoms with Crippen molar-refractivity contribution < 1.29 is 60.6 Å². The van der Waals surface area contributed by atoms with E-state index in [9.17, 15) is 33.3 Å². The molecule has 2 fully saturated rings. The van der Waals surface area contributed by atoms with E-state index in [1.807, 2.05) is 6.92 Å². The number of carbonyl (C=O) groups is 6. The second kappa shape index (κ2) is 19.8. The van der Waals surface area contributed by atoms with Crippen molar-refractivity contribution >= 4 is 48.6 Å². The maximum Gasteiger partial charge on any atom is 0.410 e. The molecule has 1 saturated heterocycles. The van der Waals surface area contributed by atoms with Crippen LogP contribution in [0.25, 0.3) is 5.57 Å². The summed E-state index contributed by atoms with van der Waals surface area (Å²) in [4.78, 5) is 78.0. The Morgan fingerprint density at radius 3 is 2.00 bits per heavy atom. The van der Waals surface area contributed by atoms with Crippen LogP contribution in [0.2, 0.25) is 0 Å². The molecule has 17 heteroatoms. The summed E-state index contributed by atoms with van der Waals surface area (Å²) in [5.74, 6) is -3.46. The molecule has 3 amide bonds. The molecule has 1 aromatic rings. The number of alkyl halides is 2. The van der Waals surface area contributed by atoms with Gasteiger partial charge in [-0.25, -0.2) is 0 Å². The number of halogens is 2. The number of ether oxygens (including phenoxy) is 2. The predicted molar refractivity (Wildman–Crippen MR) is 210 cm³/mol. The average Bonchev–Trinajstić information content (AvgIpc) is 3.79. The molecule has 0 aromatic heterocycles. The fourth-order valence-corrected chi connectivity index (χ4v) is 7.68. The number of nitrogens with zero attached hydrogens (tertiary/aromatic N) is 1. The number of nitrogens with two attached hydrogens (primary N) is 1. The molecule has 3 N–H and O–H groups in total. The van der Waals surface area contributed by atoms with Crippen LogP contribution in [0.5, 0.6) is 0 Å². The Labute approximate surface area is 339 Å². The number of carbonyl (C=O) groups excluding carboxylic acids is 6. The normalized spacial score (nSPS) is 19.5. The Kier molecular flexibility index (Phi) is 16.5. The van der Waals surface area contributed by atoms with E-state index in [-0.39, 0.29) is 48.3 Å². The summed E-state index contributed by atoms with van der Waals surface area (Å²) in [5.41, 5.74) is -1.11. The van der Waals surface area contributed by atoms with Crippen molar-refractivity contribution in [3.8, 4) is 0 Å². The number of unbranched alkanes of at least 4 members (excludes halogenated alkanes) is 1. The lowest BCUT2D eigenvalue weighted by Crippen LogP contribution is -2.52. The lowest BCUT2D eigenvalue weighted by molar-refractivity contribution is -0.163. The van der Waals surface area contributed by atoms with Crippen molar-refractivity contribution in [2.24, 2.45) is 34.3 Å². The van der Waals surface area contributed by atoms with Crippen LogP contribution >= 0.6 is 7.60 Å². The quantitative estimate of drug-likeness (QED) is 0.0569. The van der Waals surface area contributed by atoms with Gasteiger partial charge in [0.05, 0.1) is 10.8 Å². The highest BCUT2D eigenvalue weighted by Gasteiger charge is 2.58. The van der Waals surface area contributed by atoms with E-state index in [1.54, 1.807) is 18.7 Å². The van der Waals surface area contributed by atoms with Gasteiger partial charge in [-0.05, 0) is 104 Å². The van der Waals surface area contributed by atoms with Crippen molar-refractivity contribution in [2.45, 2.75) is 125 Å². The zero-order valence-corrected chi connectivity index (χ0v) is 36.0. The predicted octanol–water partition coefficient (Wildman–Crippen LogP) is 6.84. The molecule has 3 rings (SSSR count). The number of hydrogen-bond donors (Lipinski definition) is 2. The Bertz CT molecular complexity index is 1720. The van der Waals surface area contributed by atoms with Crippen LogP contribution in [-0.4, -0.2) is 72.6 Å². The van der Waals surface area contributed by atoms with E-state index in [0.717, 1.165) is 25.0 Å². The van der Waals surface area contributed by atoms with E-state index in [4.69, 9.17) is 24.3 Å². The molecule has 1 aromatic carbocycles. The van der Waals surface area contributed by atoms with Gasteiger partial charge in [0.15, 0.2) is 5.78 Å². The number of amides is 3. The summed E-state index contributed by atoms with van der Waals surface area (Å²) in [6.45, 7) is 12.6. The number of likely N-dealkylation sites (tertiary alicyclic amines) is 1. The van der Waals surface area contributed by atoms with Gasteiger partial charge < -0.3 is 25.4 Å². The van der Waals surface area contributed by atoms with Gasteiger partial charge in [-0.1, -0.05) is 44.0 Å². The minimum absolute atomic E-state index is 0.0383. The van der Waals surface area contributed by atoms with E-state index in [0.29, 0.717) is 36.9 Å². The SMILES string of the molecule is CCCC[C@H](CC(=O)/C=C(\C)c1ccc(C(F)(F)P(=O)(OCOC(=O)C(C)(C)C)OCOC(=O)C(C)(C)C)cc1)C(=O)N1C[C@@H]2CC2[C@@H]1C(=O)N[C@H](C)CCC(N)=O. The number of fused-ring (bicyclic) bond motifs is 1. The Hall–Kier alpha value is -4.01. The fraction of sp³-hybridized carbons (Fsp3) is 0.659. The molecule has 0 spiro atoms. The number of rotatable bonds is 21. The fourth-order valence-electron chi connectivity index (χ4n) is 6.43. The van der Waals surface area contributed by atoms with Gasteiger partial charge in [0.1, 0.15) is 6.04 Å². The van der Waals surface area contributed by atoms with Gasteiger partial charge in [0.2, 0.25) is 31.3 Å². The second-order valence-corrected chi connectivity index (χ2v) is 19.4. The van der Waals surface area contributed by atoms with Crippen LogP contribution in [0.1, 0.15) is 118 Å². The molecule has 0 radical (unpaired) electrons. The molecular formula is C41H60F2N3O11P. The number of piperidine rings is 1. The van der Waals surface area contributed by atoms with Crippen LogP contribution < -0.4 is 11.1 Å². The summed E-state index contributed by atoms with van der Waals surface area (Å²) in [6, 6.07) is 3.55. The summed E-state index contributed by atoms with van der Waals surface area (Å²) in [7, 11) is -5.53. The highest BCUT2D eigenvalue weighted by atomic mass is 31.2. The standard InChI is InChI=1S/C41H60F2N3O11P/c1-10-11-12-28(36(50)46-22-29-21-32(29)34(46)35(49)45-26(3)13-18-33(44)48)20-31(47)19-25(2)27-14-16-30(17-15-27)41(42,43)58(53,56-23-54-37(51)39(4,5)6)57-24-55-38(52)40(7,8)9/h14-17,19,26,28-29,32,34H,10-13,18,20-24H2,1-9H3,(H2,44,48)(H,45,49)/b25-19+/t26-,28-,29+,32?,34-/m1/s1. The van der Waals surface area contributed by atoms with Gasteiger partial charge >= 0.3 is 25.2 Å². The first-order valence-electron chi connectivity index (χ1n) is 19.6. The van der Waals surface area contributed by atoms with Crippen LogP contribution in [-0.2, 0) is 57.5 Å². The molecule has 0 bridgehead atoms.